The summed E-state index contributed by atoms with van der Waals surface area (Å²) in [5, 5.41) is 2.42. The molecule has 0 saturated carbocycles. The predicted molar refractivity (Wildman–Crippen MR) is 78.6 cm³/mol. The molecule has 20 heavy (non-hydrogen) atoms. The monoisotopic (exact) mass is 285 g/mol. The fraction of sp³-hybridized carbons (Fsp3) is 0.0769. The molecule has 3 rings (SSSR count). The van der Waals surface area contributed by atoms with E-state index < -0.39 is 6.03 Å². The molecular weight excluding hydrogens is 274 g/mol. The van der Waals surface area contributed by atoms with Crippen LogP contribution in [0.1, 0.15) is 4.88 Å². The number of nitrogens with one attached hydrogen (secondary N) is 1. The van der Waals surface area contributed by atoms with Crippen molar-refractivity contribution in [1.82, 2.24) is 15.0 Å². The topological polar surface area (TPSA) is 93.8 Å². The van der Waals surface area contributed by atoms with Crippen molar-refractivity contribution >= 4 is 34.3 Å². The first-order valence-corrected chi connectivity index (χ1v) is 6.70. The van der Waals surface area contributed by atoms with Crippen LogP contribution < -0.4 is 11.1 Å². The minimum absolute atomic E-state index is 0.360. The van der Waals surface area contributed by atoms with Crippen LogP contribution in [0.3, 0.4) is 0 Å². The first-order chi connectivity index (χ1) is 9.61. The number of nitrogens with zero attached hydrogens (tertiary/aromatic N) is 3. The Labute approximate surface area is 118 Å². The van der Waals surface area contributed by atoms with E-state index >= 15 is 0 Å². The van der Waals surface area contributed by atoms with Crippen LogP contribution >= 0.6 is 11.3 Å². The van der Waals surface area contributed by atoms with Crippen LogP contribution in [-0.4, -0.2) is 21.0 Å². The van der Waals surface area contributed by atoms with Gasteiger partial charge in [0, 0.05) is 4.88 Å². The lowest BCUT2D eigenvalue weighted by Crippen LogP contribution is -2.20. The van der Waals surface area contributed by atoms with Crippen LogP contribution in [0.4, 0.5) is 10.6 Å². The zero-order chi connectivity index (χ0) is 14.1. The summed E-state index contributed by atoms with van der Waals surface area (Å²) in [4.78, 5) is 26.1. The number of carbonyl (C=O) groups excluding carboxylic acids is 1. The highest BCUT2D eigenvalue weighted by molar-refractivity contribution is 7.15. The number of amides is 2. The maximum Gasteiger partial charge on any atom is 0.317 e. The number of nitrogens with two attached hydrogens (primary N) is 1. The molecule has 3 N–H and O–H groups in total. The smallest absolute Gasteiger partial charge is 0.317 e. The highest BCUT2D eigenvalue weighted by Gasteiger charge is 2.07. The molecule has 2 amide bonds. The van der Waals surface area contributed by atoms with Crippen molar-refractivity contribution in [3.63, 3.8) is 0 Å². The molecular formula is C13H11N5OS. The summed E-state index contributed by atoms with van der Waals surface area (Å²) in [6.07, 6.45) is 1.72. The Kier molecular flexibility index (Phi) is 3.03. The second kappa shape index (κ2) is 4.86. The van der Waals surface area contributed by atoms with E-state index in [2.05, 4.69) is 20.3 Å². The number of carbonyl (C=O) groups is 1. The molecule has 0 unspecified atom stereocenters. The van der Waals surface area contributed by atoms with E-state index in [9.17, 15) is 4.79 Å². The number of pyridine rings is 1. The lowest BCUT2D eigenvalue weighted by Gasteiger charge is -2.03. The minimum Gasteiger partial charge on any atom is -0.351 e. The lowest BCUT2D eigenvalue weighted by atomic mass is 10.3. The van der Waals surface area contributed by atoms with Gasteiger partial charge in [0.25, 0.3) is 0 Å². The maximum atomic E-state index is 10.8. The van der Waals surface area contributed by atoms with Crippen molar-refractivity contribution in [3.05, 3.63) is 35.3 Å². The molecule has 0 bridgehead atoms. The van der Waals surface area contributed by atoms with E-state index in [1.807, 2.05) is 19.1 Å². The van der Waals surface area contributed by atoms with Gasteiger partial charge in [-0.2, -0.15) is 0 Å². The molecule has 3 aromatic heterocycles. The number of anilines is 1. The summed E-state index contributed by atoms with van der Waals surface area (Å²) in [6.45, 7) is 2.04. The number of primary amides is 1. The standard InChI is InChI=1S/C13H11N5OS/c1-7-2-4-10(20-7)9-6-15-8-3-5-11(18-13(14)19)17-12(8)16-9/h2-6H,1H3,(H3,14,16,17,18,19). The molecule has 6 nitrogen and oxygen atoms in total. The molecule has 0 atom stereocenters. The summed E-state index contributed by atoms with van der Waals surface area (Å²) < 4.78 is 0. The average molecular weight is 285 g/mol. The Bertz CT molecular complexity index is 798. The second-order valence-electron chi connectivity index (χ2n) is 4.19. The van der Waals surface area contributed by atoms with Gasteiger partial charge in [0.05, 0.1) is 11.1 Å². The maximum absolute atomic E-state index is 10.8. The van der Waals surface area contributed by atoms with Crippen LogP contribution in [0.2, 0.25) is 0 Å². The van der Waals surface area contributed by atoms with Crippen LogP contribution in [0.25, 0.3) is 21.7 Å². The summed E-state index contributed by atoms with van der Waals surface area (Å²) in [6, 6.07) is 6.75. The molecule has 0 radical (unpaired) electrons. The summed E-state index contributed by atoms with van der Waals surface area (Å²) in [5.41, 5.74) is 6.97. The first-order valence-electron chi connectivity index (χ1n) is 5.89. The van der Waals surface area contributed by atoms with Crippen molar-refractivity contribution in [2.24, 2.45) is 5.73 Å². The van der Waals surface area contributed by atoms with Gasteiger partial charge in [-0.1, -0.05) is 0 Å². The number of rotatable bonds is 2. The number of urea groups is 1. The number of fused-ring (bicyclic) bond motifs is 1. The van der Waals surface area contributed by atoms with E-state index in [4.69, 9.17) is 5.73 Å². The summed E-state index contributed by atoms with van der Waals surface area (Å²) in [5.74, 6) is 0.360. The number of aryl methyl sites for hydroxylation is 1. The molecule has 0 spiro atoms. The van der Waals surface area contributed by atoms with Gasteiger partial charge in [0.2, 0.25) is 0 Å². The normalized spacial score (nSPS) is 10.7. The zero-order valence-electron chi connectivity index (χ0n) is 10.6. The SMILES string of the molecule is Cc1ccc(-c2cnc3ccc(NC(N)=O)nc3n2)s1. The van der Waals surface area contributed by atoms with E-state index in [0.717, 1.165) is 10.6 Å². The van der Waals surface area contributed by atoms with Crippen molar-refractivity contribution in [1.29, 1.82) is 0 Å². The van der Waals surface area contributed by atoms with Crippen LogP contribution in [0, 0.1) is 6.92 Å². The largest absolute Gasteiger partial charge is 0.351 e. The van der Waals surface area contributed by atoms with Crippen LogP contribution in [0.15, 0.2) is 30.5 Å². The van der Waals surface area contributed by atoms with Crippen molar-refractivity contribution in [2.45, 2.75) is 6.92 Å². The van der Waals surface area contributed by atoms with Crippen molar-refractivity contribution in [2.75, 3.05) is 5.32 Å². The number of hydrogen-bond donors (Lipinski definition) is 2. The van der Waals surface area contributed by atoms with Gasteiger partial charge in [-0.3, -0.25) is 10.3 Å². The highest BCUT2D eigenvalue weighted by atomic mass is 32.1. The second-order valence-corrected chi connectivity index (χ2v) is 5.48. The molecule has 0 aromatic carbocycles. The molecule has 0 saturated heterocycles. The Balaban J connectivity index is 2.06. The molecule has 7 heteroatoms. The number of hydrogen-bond acceptors (Lipinski definition) is 5. The first kappa shape index (κ1) is 12.5. The van der Waals surface area contributed by atoms with Crippen molar-refractivity contribution < 1.29 is 4.79 Å². The van der Waals surface area contributed by atoms with Crippen LogP contribution in [-0.2, 0) is 0 Å². The Morgan fingerprint density at radius 2 is 2.10 bits per heavy atom. The predicted octanol–water partition coefficient (Wildman–Crippen LogP) is 2.55. The quantitative estimate of drug-likeness (QED) is 0.756. The Morgan fingerprint density at radius 1 is 1.25 bits per heavy atom. The molecule has 100 valence electrons. The summed E-state index contributed by atoms with van der Waals surface area (Å²) >= 11 is 1.64. The molecule has 0 aliphatic rings. The third-order valence-electron chi connectivity index (χ3n) is 2.65. The third-order valence-corrected chi connectivity index (χ3v) is 3.67. The van der Waals surface area contributed by atoms with Gasteiger partial charge in [-0.25, -0.2) is 14.8 Å². The molecule has 0 fully saturated rings. The van der Waals surface area contributed by atoms with Gasteiger partial charge >= 0.3 is 6.03 Å². The van der Waals surface area contributed by atoms with Crippen molar-refractivity contribution in [3.8, 4) is 10.6 Å². The average Bonchev–Trinajstić information content (AvgIpc) is 2.84. The molecule has 3 heterocycles. The number of aromatic nitrogens is 3. The fourth-order valence-electron chi connectivity index (χ4n) is 1.78. The number of thiophene rings is 1. The van der Waals surface area contributed by atoms with E-state index in [0.29, 0.717) is 17.0 Å². The lowest BCUT2D eigenvalue weighted by molar-refractivity contribution is 0.259. The molecule has 0 aliphatic carbocycles. The minimum atomic E-state index is -0.658. The van der Waals surface area contributed by atoms with E-state index in [1.54, 1.807) is 29.7 Å². The van der Waals surface area contributed by atoms with Gasteiger partial charge in [-0.05, 0) is 31.2 Å². The molecule has 0 aliphatic heterocycles. The molecule has 3 aromatic rings. The van der Waals surface area contributed by atoms with E-state index in [-0.39, 0.29) is 0 Å². The highest BCUT2D eigenvalue weighted by Crippen LogP contribution is 2.26. The van der Waals surface area contributed by atoms with Gasteiger partial charge in [0.15, 0.2) is 5.65 Å². The summed E-state index contributed by atoms with van der Waals surface area (Å²) in [7, 11) is 0. The van der Waals surface area contributed by atoms with Gasteiger partial charge < -0.3 is 5.73 Å². The fourth-order valence-corrected chi connectivity index (χ4v) is 2.61. The Hall–Kier alpha value is -2.54. The van der Waals surface area contributed by atoms with E-state index in [1.165, 1.54) is 4.88 Å². The Morgan fingerprint density at radius 3 is 2.80 bits per heavy atom. The van der Waals surface area contributed by atoms with Gasteiger partial charge in [0.1, 0.15) is 17.0 Å². The zero-order valence-corrected chi connectivity index (χ0v) is 11.4. The third kappa shape index (κ3) is 2.43. The van der Waals surface area contributed by atoms with Crippen LogP contribution in [0.5, 0.6) is 0 Å². The van der Waals surface area contributed by atoms with Gasteiger partial charge in [-0.15, -0.1) is 11.3 Å².